The minimum absolute atomic E-state index is 0.0497. The van der Waals surface area contributed by atoms with Crippen molar-refractivity contribution in [2.45, 2.75) is 17.4 Å². The third-order valence-electron chi connectivity index (χ3n) is 5.22. The molecule has 10 nitrogen and oxygen atoms in total. The normalized spacial score (nSPS) is 12.1. The van der Waals surface area contributed by atoms with Crippen molar-refractivity contribution < 1.29 is 27.9 Å². The zero-order chi connectivity index (χ0) is 25.9. The second kappa shape index (κ2) is 10.3. The lowest BCUT2D eigenvalue weighted by molar-refractivity contribution is -0.139. The fraction of sp³-hybridized carbons (Fsp3) is 0.217. The summed E-state index contributed by atoms with van der Waals surface area (Å²) in [5, 5.41) is 15.8. The van der Waals surface area contributed by atoms with Crippen LogP contribution in [0.2, 0.25) is 5.02 Å². The van der Waals surface area contributed by atoms with E-state index in [2.05, 4.69) is 10.4 Å². The number of amides is 1. The first kappa shape index (κ1) is 25.9. The molecule has 12 heteroatoms. The van der Waals surface area contributed by atoms with Gasteiger partial charge in [-0.1, -0.05) is 35.9 Å². The van der Waals surface area contributed by atoms with Gasteiger partial charge in [0.25, 0.3) is 11.5 Å². The summed E-state index contributed by atoms with van der Waals surface area (Å²) in [6, 6.07) is 8.88. The first-order valence-electron chi connectivity index (χ1n) is 10.1. The van der Waals surface area contributed by atoms with Crippen LogP contribution < -0.4 is 15.6 Å². The van der Waals surface area contributed by atoms with E-state index in [-0.39, 0.29) is 27.5 Å². The number of sulfone groups is 1. The Morgan fingerprint density at radius 2 is 1.86 bits per heavy atom. The summed E-state index contributed by atoms with van der Waals surface area (Å²) in [5.74, 6) is -1.73. The van der Waals surface area contributed by atoms with Crippen molar-refractivity contribution in [3.05, 3.63) is 75.2 Å². The third-order valence-corrected chi connectivity index (χ3v) is 6.64. The van der Waals surface area contributed by atoms with Gasteiger partial charge in [-0.25, -0.2) is 17.9 Å². The van der Waals surface area contributed by atoms with Crippen LogP contribution in [-0.4, -0.2) is 54.6 Å². The van der Waals surface area contributed by atoms with Gasteiger partial charge in [-0.05, 0) is 29.3 Å². The molecule has 184 valence electrons. The van der Waals surface area contributed by atoms with E-state index in [9.17, 15) is 27.9 Å². The lowest BCUT2D eigenvalue weighted by Crippen LogP contribution is -2.42. The van der Waals surface area contributed by atoms with Crippen LogP contribution in [-0.2, 0) is 28.1 Å². The number of hydrogen-bond acceptors (Lipinski definition) is 7. The molecule has 0 spiro atoms. The van der Waals surface area contributed by atoms with Crippen LogP contribution in [0.25, 0.3) is 11.1 Å². The van der Waals surface area contributed by atoms with Crippen LogP contribution in [0.5, 0.6) is 5.75 Å². The molecule has 1 unspecified atom stereocenters. The summed E-state index contributed by atoms with van der Waals surface area (Å²) in [6.45, 7) is 0. The van der Waals surface area contributed by atoms with Crippen LogP contribution >= 0.6 is 11.6 Å². The Labute approximate surface area is 206 Å². The van der Waals surface area contributed by atoms with Gasteiger partial charge in [-0.15, -0.1) is 0 Å². The summed E-state index contributed by atoms with van der Waals surface area (Å²) in [7, 11) is -0.580. The number of carboxylic acid groups (broad SMARTS) is 1. The van der Waals surface area contributed by atoms with Gasteiger partial charge in [-0.2, -0.15) is 5.10 Å². The standard InChI is InChI=1S/C23H22ClN3O7S/c1-27-22(29)20(19(34-2)12-25-27)14-6-4-13(5-7-14)10-18(23(30)31)26-21(28)16-9-8-15(11-17(16)24)35(3,32)33/h4-9,11-12,18H,10H2,1-3H3,(H,26,28)(H,30,31). The smallest absolute Gasteiger partial charge is 0.326 e. The maximum Gasteiger partial charge on any atom is 0.326 e. The van der Waals surface area contributed by atoms with Crippen molar-refractivity contribution in [3.63, 3.8) is 0 Å². The number of carbonyl (C=O) groups is 2. The van der Waals surface area contributed by atoms with E-state index in [1.807, 2.05) is 0 Å². The van der Waals surface area contributed by atoms with Gasteiger partial charge in [0.05, 0.1) is 34.4 Å². The molecule has 1 atom stereocenters. The van der Waals surface area contributed by atoms with Crippen molar-refractivity contribution in [2.24, 2.45) is 7.05 Å². The molecule has 2 aromatic carbocycles. The third kappa shape index (κ3) is 5.87. The molecular weight excluding hydrogens is 498 g/mol. The van der Waals surface area contributed by atoms with Crippen molar-refractivity contribution >= 4 is 33.3 Å². The lowest BCUT2D eigenvalue weighted by Gasteiger charge is -2.16. The van der Waals surface area contributed by atoms with Gasteiger partial charge >= 0.3 is 5.97 Å². The molecule has 2 N–H and O–H groups in total. The number of ether oxygens (including phenoxy) is 1. The van der Waals surface area contributed by atoms with Gasteiger partial charge in [0, 0.05) is 19.7 Å². The van der Waals surface area contributed by atoms with Gasteiger partial charge in [0.1, 0.15) is 6.04 Å². The molecule has 0 radical (unpaired) electrons. The van der Waals surface area contributed by atoms with E-state index in [1.54, 1.807) is 24.3 Å². The Morgan fingerprint density at radius 1 is 1.20 bits per heavy atom. The largest absolute Gasteiger partial charge is 0.494 e. The highest BCUT2D eigenvalue weighted by Gasteiger charge is 2.23. The second-order valence-corrected chi connectivity index (χ2v) is 10.1. The maximum atomic E-state index is 12.6. The van der Waals surface area contributed by atoms with Gasteiger partial charge < -0.3 is 15.2 Å². The number of nitrogens with zero attached hydrogens (tertiary/aromatic N) is 2. The van der Waals surface area contributed by atoms with E-state index in [1.165, 1.54) is 37.2 Å². The first-order chi connectivity index (χ1) is 16.4. The highest BCUT2D eigenvalue weighted by atomic mass is 35.5. The lowest BCUT2D eigenvalue weighted by atomic mass is 10.0. The topological polar surface area (TPSA) is 145 Å². The quantitative estimate of drug-likeness (QED) is 0.459. The Hall–Kier alpha value is -3.70. The van der Waals surface area contributed by atoms with Crippen LogP contribution in [0.1, 0.15) is 15.9 Å². The highest BCUT2D eigenvalue weighted by Crippen LogP contribution is 2.26. The molecule has 0 aliphatic rings. The number of carbonyl (C=O) groups excluding carboxylic acids is 1. The summed E-state index contributed by atoms with van der Waals surface area (Å²) in [6.07, 6.45) is 2.38. The molecule has 3 rings (SSSR count). The monoisotopic (exact) mass is 519 g/mol. The average molecular weight is 520 g/mol. The van der Waals surface area contributed by atoms with Crippen LogP contribution in [0.15, 0.2) is 58.4 Å². The fourth-order valence-corrected chi connectivity index (χ4v) is 4.31. The number of hydrogen-bond donors (Lipinski definition) is 2. The minimum atomic E-state index is -3.52. The molecule has 35 heavy (non-hydrogen) atoms. The molecule has 1 aromatic heterocycles. The predicted molar refractivity (Wildman–Crippen MR) is 129 cm³/mol. The minimum Gasteiger partial charge on any atom is -0.494 e. The number of aliphatic carboxylic acids is 1. The number of aryl methyl sites for hydroxylation is 1. The van der Waals surface area contributed by atoms with E-state index in [0.717, 1.165) is 12.3 Å². The molecular formula is C23H22ClN3O7S. The van der Waals surface area contributed by atoms with E-state index >= 15 is 0 Å². The Kier molecular flexibility index (Phi) is 7.61. The summed E-state index contributed by atoms with van der Waals surface area (Å²) < 4.78 is 29.7. The molecule has 3 aromatic rings. The van der Waals surface area contributed by atoms with Gasteiger partial charge in [0.15, 0.2) is 15.6 Å². The average Bonchev–Trinajstić information content (AvgIpc) is 2.80. The van der Waals surface area contributed by atoms with E-state index < -0.39 is 27.8 Å². The fourth-order valence-electron chi connectivity index (χ4n) is 3.33. The molecule has 0 saturated heterocycles. The highest BCUT2D eigenvalue weighted by molar-refractivity contribution is 7.90. The predicted octanol–water partition coefficient (Wildman–Crippen LogP) is 1.94. The van der Waals surface area contributed by atoms with Gasteiger partial charge in [-0.3, -0.25) is 9.59 Å². The Bertz CT molecular complexity index is 1450. The molecule has 0 aliphatic carbocycles. The van der Waals surface area contributed by atoms with Crippen molar-refractivity contribution in [1.29, 1.82) is 0 Å². The molecule has 0 aliphatic heterocycles. The molecule has 0 saturated carbocycles. The number of nitrogens with one attached hydrogen (secondary N) is 1. The molecule has 1 amide bonds. The molecule has 1 heterocycles. The summed E-state index contributed by atoms with van der Waals surface area (Å²) in [5.41, 5.74) is 1.05. The molecule has 0 fully saturated rings. The zero-order valence-electron chi connectivity index (χ0n) is 19.0. The maximum absolute atomic E-state index is 12.6. The van der Waals surface area contributed by atoms with Gasteiger partial charge in [0.2, 0.25) is 0 Å². The van der Waals surface area contributed by atoms with Crippen molar-refractivity contribution in [3.8, 4) is 16.9 Å². The summed E-state index contributed by atoms with van der Waals surface area (Å²) >= 11 is 6.06. The SMILES string of the molecule is COc1cnn(C)c(=O)c1-c1ccc(CC(NC(=O)c2ccc(S(C)(=O)=O)cc2Cl)C(=O)O)cc1. The number of halogens is 1. The number of methoxy groups -OCH3 is 1. The van der Waals surface area contributed by atoms with E-state index in [4.69, 9.17) is 16.3 Å². The number of rotatable bonds is 8. The second-order valence-electron chi connectivity index (χ2n) is 7.70. The number of aromatic nitrogens is 2. The number of benzene rings is 2. The van der Waals surface area contributed by atoms with Crippen LogP contribution in [0, 0.1) is 0 Å². The van der Waals surface area contributed by atoms with Crippen molar-refractivity contribution in [1.82, 2.24) is 15.1 Å². The zero-order valence-corrected chi connectivity index (χ0v) is 20.6. The van der Waals surface area contributed by atoms with E-state index in [0.29, 0.717) is 22.4 Å². The van der Waals surface area contributed by atoms with Crippen molar-refractivity contribution in [2.75, 3.05) is 13.4 Å². The molecule has 0 bridgehead atoms. The van der Waals surface area contributed by atoms with Crippen LogP contribution in [0.4, 0.5) is 0 Å². The Balaban J connectivity index is 1.81. The van der Waals surface area contributed by atoms with Crippen LogP contribution in [0.3, 0.4) is 0 Å². The summed E-state index contributed by atoms with van der Waals surface area (Å²) in [4.78, 5) is 36.9. The number of carboxylic acids is 1. The first-order valence-corrected chi connectivity index (χ1v) is 12.4. The Morgan fingerprint density at radius 3 is 2.40 bits per heavy atom.